The van der Waals surface area contributed by atoms with E-state index < -0.39 is 11.5 Å². The summed E-state index contributed by atoms with van der Waals surface area (Å²) in [6.07, 6.45) is 3.11. The molecular weight excluding hydrogens is 334 g/mol. The Kier molecular flexibility index (Phi) is 5.06. The minimum absolute atomic E-state index is 0.0584. The van der Waals surface area contributed by atoms with E-state index in [2.05, 4.69) is 24.3 Å². The number of carbonyl (C=O) groups excluding carboxylic acids is 2. The van der Waals surface area contributed by atoms with E-state index in [1.54, 1.807) is 12.1 Å². The molecule has 1 heterocycles. The number of amides is 1. The summed E-state index contributed by atoms with van der Waals surface area (Å²) in [6, 6.07) is 6.34. The highest BCUT2D eigenvalue weighted by Gasteiger charge is 2.28. The summed E-state index contributed by atoms with van der Waals surface area (Å²) in [6.45, 7) is 3.97. The van der Waals surface area contributed by atoms with Crippen molar-refractivity contribution in [1.29, 1.82) is 0 Å². The Morgan fingerprint density at radius 3 is 2.62 bits per heavy atom. The van der Waals surface area contributed by atoms with Crippen molar-refractivity contribution in [2.24, 2.45) is 11.8 Å². The van der Waals surface area contributed by atoms with E-state index in [1.165, 1.54) is 12.1 Å². The standard InChI is InChI=1S/C19H23N3O4/c1-11-6-5-9-15(12(11)2)20-16(23)10-22-18(24)14-8-4-3-7-13(14)17(21-22)19(25)26/h3-4,7-8,11-12,15H,5-6,9-10H2,1-2H3,(H,20,23)(H,25,26)/p-1/t11-,12-,15-/m1/s1. The molecule has 3 atom stereocenters. The Labute approximate surface area is 151 Å². The van der Waals surface area contributed by atoms with Gasteiger partial charge >= 0.3 is 0 Å². The van der Waals surface area contributed by atoms with Crippen molar-refractivity contribution in [3.05, 3.63) is 40.3 Å². The number of aromatic carboxylic acids is 1. The Morgan fingerprint density at radius 1 is 1.23 bits per heavy atom. The minimum atomic E-state index is -1.48. The van der Waals surface area contributed by atoms with Gasteiger partial charge in [0.15, 0.2) is 0 Å². The highest BCUT2D eigenvalue weighted by molar-refractivity contribution is 6.00. The number of rotatable bonds is 4. The third kappa shape index (κ3) is 3.47. The van der Waals surface area contributed by atoms with Crippen LogP contribution in [-0.2, 0) is 11.3 Å². The summed E-state index contributed by atoms with van der Waals surface area (Å²) in [7, 11) is 0. The second-order valence-electron chi connectivity index (χ2n) is 7.09. The van der Waals surface area contributed by atoms with Gasteiger partial charge in [-0.3, -0.25) is 9.59 Å². The van der Waals surface area contributed by atoms with Gasteiger partial charge in [0.2, 0.25) is 5.91 Å². The number of carboxylic acid groups (broad SMARTS) is 1. The van der Waals surface area contributed by atoms with Crippen molar-refractivity contribution >= 4 is 22.6 Å². The van der Waals surface area contributed by atoms with Crippen LogP contribution in [0, 0.1) is 11.8 Å². The molecule has 1 saturated carbocycles. The highest BCUT2D eigenvalue weighted by Crippen LogP contribution is 2.29. The maximum Gasteiger partial charge on any atom is 0.275 e. The Balaban J connectivity index is 1.86. The van der Waals surface area contributed by atoms with Crippen LogP contribution in [0.3, 0.4) is 0 Å². The van der Waals surface area contributed by atoms with Gasteiger partial charge in [-0.15, -0.1) is 0 Å². The molecule has 1 aromatic heterocycles. The van der Waals surface area contributed by atoms with Crippen LogP contribution < -0.4 is 16.0 Å². The van der Waals surface area contributed by atoms with Gasteiger partial charge < -0.3 is 15.2 Å². The quantitative estimate of drug-likeness (QED) is 0.868. The molecule has 0 aliphatic heterocycles. The van der Waals surface area contributed by atoms with Crippen molar-refractivity contribution < 1.29 is 14.7 Å². The van der Waals surface area contributed by atoms with Crippen LogP contribution >= 0.6 is 0 Å². The number of carbonyl (C=O) groups is 2. The van der Waals surface area contributed by atoms with E-state index in [1.807, 2.05) is 0 Å². The average Bonchev–Trinajstić information content (AvgIpc) is 2.61. The number of fused-ring (bicyclic) bond motifs is 1. The third-order valence-electron chi connectivity index (χ3n) is 5.41. The van der Waals surface area contributed by atoms with Crippen LogP contribution in [0.15, 0.2) is 29.1 Å². The first kappa shape index (κ1) is 18.1. The van der Waals surface area contributed by atoms with Crippen LogP contribution in [0.1, 0.15) is 43.6 Å². The molecule has 1 aliphatic rings. The maximum absolute atomic E-state index is 12.6. The molecule has 7 nitrogen and oxygen atoms in total. The van der Waals surface area contributed by atoms with Crippen LogP contribution in [0.5, 0.6) is 0 Å². The maximum atomic E-state index is 12.6. The third-order valence-corrected chi connectivity index (χ3v) is 5.41. The Morgan fingerprint density at radius 2 is 1.92 bits per heavy atom. The molecule has 2 aromatic rings. The number of carboxylic acids is 1. The first-order valence-corrected chi connectivity index (χ1v) is 8.89. The molecule has 3 rings (SSSR count). The summed E-state index contributed by atoms with van der Waals surface area (Å²) >= 11 is 0. The average molecular weight is 356 g/mol. The number of hydrogen-bond donors (Lipinski definition) is 1. The molecular formula is C19H22N3O4-. The molecule has 0 radical (unpaired) electrons. The molecule has 0 bridgehead atoms. The van der Waals surface area contributed by atoms with E-state index in [0.717, 1.165) is 23.9 Å². The van der Waals surface area contributed by atoms with E-state index >= 15 is 0 Å². The number of nitrogens with one attached hydrogen (secondary N) is 1. The minimum Gasteiger partial charge on any atom is -0.543 e. The van der Waals surface area contributed by atoms with Gasteiger partial charge in [-0.25, -0.2) is 4.68 Å². The van der Waals surface area contributed by atoms with Gasteiger partial charge in [0.05, 0.1) is 11.4 Å². The summed E-state index contributed by atoms with van der Waals surface area (Å²) < 4.78 is 0.903. The molecule has 1 N–H and O–H groups in total. The number of nitrogens with zero attached hydrogens (tertiary/aromatic N) is 2. The van der Waals surface area contributed by atoms with E-state index in [-0.39, 0.29) is 35.0 Å². The topological polar surface area (TPSA) is 104 Å². The molecule has 1 fully saturated rings. The van der Waals surface area contributed by atoms with Crippen LogP contribution in [0.25, 0.3) is 10.8 Å². The lowest BCUT2D eigenvalue weighted by molar-refractivity contribution is -0.255. The lowest BCUT2D eigenvalue weighted by Gasteiger charge is -2.34. The number of hydrogen-bond acceptors (Lipinski definition) is 5. The van der Waals surface area contributed by atoms with Gasteiger partial charge in [0.1, 0.15) is 12.2 Å². The highest BCUT2D eigenvalue weighted by atomic mass is 16.4. The van der Waals surface area contributed by atoms with Crippen molar-refractivity contribution in [3.63, 3.8) is 0 Å². The zero-order valence-electron chi connectivity index (χ0n) is 14.9. The molecule has 0 saturated heterocycles. The lowest BCUT2D eigenvalue weighted by Crippen LogP contribution is -2.46. The fraction of sp³-hybridized carbons (Fsp3) is 0.474. The first-order valence-electron chi connectivity index (χ1n) is 8.89. The fourth-order valence-electron chi connectivity index (χ4n) is 3.67. The lowest BCUT2D eigenvalue weighted by atomic mass is 9.78. The molecule has 7 heteroatoms. The largest absolute Gasteiger partial charge is 0.543 e. The zero-order chi connectivity index (χ0) is 18.8. The first-order chi connectivity index (χ1) is 12.4. The van der Waals surface area contributed by atoms with Crippen molar-refractivity contribution in [2.75, 3.05) is 0 Å². The van der Waals surface area contributed by atoms with Gasteiger partial charge in [-0.2, -0.15) is 5.10 Å². The number of benzene rings is 1. The van der Waals surface area contributed by atoms with E-state index in [9.17, 15) is 19.5 Å². The Bertz CT molecular complexity index is 905. The molecule has 1 amide bonds. The van der Waals surface area contributed by atoms with Gasteiger partial charge in [-0.1, -0.05) is 44.9 Å². The van der Waals surface area contributed by atoms with Crippen molar-refractivity contribution in [1.82, 2.24) is 15.1 Å². The fourth-order valence-corrected chi connectivity index (χ4v) is 3.67. The normalized spacial score (nSPS) is 22.9. The second-order valence-corrected chi connectivity index (χ2v) is 7.09. The SMILES string of the molecule is C[C@@H]1[C@H](C)CCC[C@H]1NC(=O)Cn1nc(C(=O)[O-])c2ccccc2c1=O. The molecule has 0 unspecified atom stereocenters. The van der Waals surface area contributed by atoms with Gasteiger partial charge in [-0.05, 0) is 24.3 Å². The second kappa shape index (κ2) is 7.27. The summed E-state index contributed by atoms with van der Waals surface area (Å²) in [5.74, 6) is -0.941. The predicted octanol–water partition coefficient (Wildman–Crippen LogP) is 0.701. The van der Waals surface area contributed by atoms with Crippen LogP contribution in [0.4, 0.5) is 0 Å². The molecule has 1 aromatic carbocycles. The summed E-state index contributed by atoms with van der Waals surface area (Å²) in [5, 5.41) is 18.6. The zero-order valence-corrected chi connectivity index (χ0v) is 14.9. The predicted molar refractivity (Wildman–Crippen MR) is 94.4 cm³/mol. The summed E-state index contributed by atoms with van der Waals surface area (Å²) in [4.78, 5) is 36.4. The van der Waals surface area contributed by atoms with Gasteiger partial charge in [0.25, 0.3) is 5.56 Å². The molecule has 0 spiro atoms. The van der Waals surface area contributed by atoms with E-state index in [4.69, 9.17) is 0 Å². The molecule has 1 aliphatic carbocycles. The monoisotopic (exact) mass is 356 g/mol. The van der Waals surface area contributed by atoms with Crippen LogP contribution in [-0.4, -0.2) is 27.7 Å². The molecule has 138 valence electrons. The van der Waals surface area contributed by atoms with Gasteiger partial charge in [0, 0.05) is 11.4 Å². The van der Waals surface area contributed by atoms with E-state index in [0.29, 0.717) is 11.8 Å². The van der Waals surface area contributed by atoms with Crippen molar-refractivity contribution in [2.45, 2.75) is 45.7 Å². The van der Waals surface area contributed by atoms with Crippen LogP contribution in [0.2, 0.25) is 0 Å². The number of aromatic nitrogens is 2. The molecule has 26 heavy (non-hydrogen) atoms. The summed E-state index contributed by atoms with van der Waals surface area (Å²) in [5.41, 5.74) is -0.835. The smallest absolute Gasteiger partial charge is 0.275 e. The van der Waals surface area contributed by atoms with Crippen molar-refractivity contribution in [3.8, 4) is 0 Å². The Hall–Kier alpha value is -2.70.